The minimum Gasteiger partial charge on any atom is -0.378 e. The Hall–Kier alpha value is -3.74. The third-order valence-corrected chi connectivity index (χ3v) is 9.41. The first kappa shape index (κ1) is 27.4. The highest BCUT2D eigenvalue weighted by atomic mass is 32.2. The summed E-state index contributed by atoms with van der Waals surface area (Å²) in [7, 11) is -3.49. The minimum absolute atomic E-state index is 0.237. The van der Waals surface area contributed by atoms with E-state index in [1.54, 1.807) is 30.6 Å². The number of imidazole rings is 1. The lowest BCUT2D eigenvalue weighted by molar-refractivity contribution is -0.347. The van der Waals surface area contributed by atoms with Crippen molar-refractivity contribution >= 4 is 44.3 Å². The predicted octanol–water partition coefficient (Wildman–Crippen LogP) is 3.61. The lowest BCUT2D eigenvalue weighted by Gasteiger charge is -2.29. The fraction of sp³-hybridized carbons (Fsp3) is 0.414. The van der Waals surface area contributed by atoms with E-state index in [9.17, 15) is 8.42 Å². The number of nitrogens with one attached hydrogen (secondary N) is 5. The van der Waals surface area contributed by atoms with Gasteiger partial charge in [-0.25, -0.2) is 18.1 Å². The number of rotatable bonds is 9. The van der Waals surface area contributed by atoms with E-state index in [0.29, 0.717) is 23.3 Å². The van der Waals surface area contributed by atoms with Crippen LogP contribution in [0.25, 0.3) is 11.2 Å². The Morgan fingerprint density at radius 1 is 1.05 bits per heavy atom. The summed E-state index contributed by atoms with van der Waals surface area (Å²) < 4.78 is 33.5. The quantitative estimate of drug-likeness (QED) is 0.237. The second-order valence-electron chi connectivity index (χ2n) is 10.8. The fourth-order valence-electron chi connectivity index (χ4n) is 5.58. The van der Waals surface area contributed by atoms with E-state index in [0.717, 1.165) is 80.2 Å². The molecule has 2 aromatic heterocycles. The molecule has 2 aromatic carbocycles. The standard InChI is InChI=1S/C29H36N8O3S/c1-20-17-23(37-13-15-40-16-14-37)11-12-25(20)34-29-35-27-26(30-19-31-27)28(36-29)33-22-9-7-21(8-10-22)18-32-41(38,39)24-5-3-2-4-6-24/h2-6,11-12,17,19,21-22,32H,7-10,13-16,18H2,1H3,(H3,30,31,33,34,35,36)/p+1. The molecule has 0 radical (unpaired) electrons. The van der Waals surface area contributed by atoms with Crippen molar-refractivity contribution in [2.75, 3.05) is 48.4 Å². The molecule has 11 nitrogen and oxygen atoms in total. The molecular formula is C29H37N8O3S+. The molecule has 0 atom stereocenters. The fourth-order valence-corrected chi connectivity index (χ4v) is 6.72. The summed E-state index contributed by atoms with van der Waals surface area (Å²) in [6.45, 7) is 5.84. The predicted molar refractivity (Wildman–Crippen MR) is 159 cm³/mol. The first-order valence-corrected chi connectivity index (χ1v) is 15.7. The number of sulfonamides is 1. The van der Waals surface area contributed by atoms with Crippen molar-refractivity contribution in [3.8, 4) is 0 Å². The molecule has 2 fully saturated rings. The van der Waals surface area contributed by atoms with Crippen molar-refractivity contribution < 1.29 is 18.1 Å². The van der Waals surface area contributed by atoms with E-state index in [4.69, 9.17) is 9.72 Å². The van der Waals surface area contributed by atoms with E-state index >= 15 is 0 Å². The van der Waals surface area contributed by atoms with E-state index < -0.39 is 10.0 Å². The number of hydrogen-bond acceptors (Lipinski definition) is 8. The number of fused-ring (bicyclic) bond motifs is 1. The minimum atomic E-state index is -3.49. The molecular weight excluding hydrogens is 540 g/mol. The molecule has 0 bridgehead atoms. The molecule has 5 N–H and O–H groups in total. The summed E-state index contributed by atoms with van der Waals surface area (Å²) in [6.07, 6.45) is 5.48. The van der Waals surface area contributed by atoms with E-state index in [1.165, 1.54) is 5.69 Å². The number of aromatic nitrogens is 4. The van der Waals surface area contributed by atoms with Crippen LogP contribution in [-0.4, -0.2) is 62.3 Å². The average Bonchev–Trinajstić information content (AvgIpc) is 3.48. The number of morpholine rings is 1. The van der Waals surface area contributed by atoms with Crippen molar-refractivity contribution in [3.05, 3.63) is 60.4 Å². The van der Waals surface area contributed by atoms with Crippen molar-refractivity contribution in [1.29, 1.82) is 0 Å². The van der Waals surface area contributed by atoms with Crippen molar-refractivity contribution in [2.45, 2.75) is 43.5 Å². The zero-order chi connectivity index (χ0) is 28.2. The third kappa shape index (κ3) is 6.45. The summed E-state index contributed by atoms with van der Waals surface area (Å²) >= 11 is 0. The van der Waals surface area contributed by atoms with Gasteiger partial charge in [-0.1, -0.05) is 23.2 Å². The number of aryl methyl sites for hydroxylation is 1. The molecule has 216 valence electrons. The van der Waals surface area contributed by atoms with Crippen LogP contribution in [-0.2, 0) is 14.8 Å². The van der Waals surface area contributed by atoms with Gasteiger partial charge in [0.25, 0.3) is 0 Å². The van der Waals surface area contributed by atoms with Crippen molar-refractivity contribution in [2.24, 2.45) is 5.92 Å². The van der Waals surface area contributed by atoms with Gasteiger partial charge in [-0.2, -0.15) is 4.98 Å². The molecule has 6 rings (SSSR count). The number of hydrogen-bond donors (Lipinski definition) is 4. The molecule has 12 heteroatoms. The van der Waals surface area contributed by atoms with Gasteiger partial charge in [0.05, 0.1) is 18.1 Å². The average molecular weight is 578 g/mol. The van der Waals surface area contributed by atoms with Gasteiger partial charge in [-0.3, -0.25) is 4.98 Å². The molecule has 3 heterocycles. The van der Waals surface area contributed by atoms with Crippen LogP contribution in [0.3, 0.4) is 0 Å². The molecule has 41 heavy (non-hydrogen) atoms. The summed E-state index contributed by atoms with van der Waals surface area (Å²) in [4.78, 5) is 18.6. The van der Waals surface area contributed by atoms with Gasteiger partial charge in [-0.05, 0) is 74.4 Å². The van der Waals surface area contributed by atoms with Gasteiger partial charge >= 0.3 is 11.6 Å². The summed E-state index contributed by atoms with van der Waals surface area (Å²) in [5.74, 6) is 1.56. The monoisotopic (exact) mass is 577 g/mol. The molecule has 0 amide bonds. The zero-order valence-electron chi connectivity index (χ0n) is 23.2. The number of H-pyrrole nitrogens is 2. The van der Waals surface area contributed by atoms with E-state index in [2.05, 4.69) is 60.3 Å². The van der Waals surface area contributed by atoms with Crippen molar-refractivity contribution in [1.82, 2.24) is 19.7 Å². The highest BCUT2D eigenvalue weighted by molar-refractivity contribution is 7.89. The van der Waals surface area contributed by atoms with Gasteiger partial charge in [0, 0.05) is 37.1 Å². The maximum absolute atomic E-state index is 12.6. The van der Waals surface area contributed by atoms with Gasteiger partial charge < -0.3 is 20.3 Å². The Kier molecular flexibility index (Phi) is 8.04. The van der Waals surface area contributed by atoms with Gasteiger partial charge in [0.15, 0.2) is 12.1 Å². The van der Waals surface area contributed by atoms with Crippen LogP contribution >= 0.6 is 0 Å². The third-order valence-electron chi connectivity index (χ3n) is 7.97. The van der Waals surface area contributed by atoms with Crippen LogP contribution < -0.4 is 25.2 Å². The van der Waals surface area contributed by atoms with Crippen molar-refractivity contribution in [3.63, 3.8) is 0 Å². The second-order valence-corrected chi connectivity index (χ2v) is 12.6. The zero-order valence-corrected chi connectivity index (χ0v) is 24.0. The highest BCUT2D eigenvalue weighted by Gasteiger charge is 2.26. The summed E-state index contributed by atoms with van der Waals surface area (Å²) in [5, 5.41) is 7.03. The van der Waals surface area contributed by atoms with Crippen LogP contribution in [0.1, 0.15) is 31.2 Å². The normalized spacial score (nSPS) is 19.8. The molecule has 4 aromatic rings. The molecule has 1 aliphatic carbocycles. The van der Waals surface area contributed by atoms with E-state index in [1.807, 2.05) is 6.07 Å². The summed E-state index contributed by atoms with van der Waals surface area (Å²) in [6, 6.07) is 15.2. The number of nitrogens with zero attached hydrogens (tertiary/aromatic N) is 3. The number of anilines is 4. The van der Waals surface area contributed by atoms with Crippen LogP contribution in [0.15, 0.2) is 59.8 Å². The maximum Gasteiger partial charge on any atom is 0.307 e. The van der Waals surface area contributed by atoms with Gasteiger partial charge in [-0.15, -0.1) is 0 Å². The Morgan fingerprint density at radius 3 is 2.59 bits per heavy atom. The lowest BCUT2D eigenvalue weighted by atomic mass is 9.86. The first-order valence-electron chi connectivity index (χ1n) is 14.2. The lowest BCUT2D eigenvalue weighted by Crippen LogP contribution is -2.36. The largest absolute Gasteiger partial charge is 0.378 e. The van der Waals surface area contributed by atoms with Crippen LogP contribution in [0, 0.1) is 12.8 Å². The Morgan fingerprint density at radius 2 is 1.83 bits per heavy atom. The Balaban J connectivity index is 1.08. The molecule has 2 aliphatic rings. The molecule has 1 aliphatic heterocycles. The molecule has 1 saturated carbocycles. The smallest absolute Gasteiger partial charge is 0.307 e. The number of benzene rings is 2. The first-order chi connectivity index (χ1) is 19.9. The van der Waals surface area contributed by atoms with E-state index in [-0.39, 0.29) is 6.04 Å². The SMILES string of the molecule is Cc1cc(N2CCOCC2)ccc1Nc1nc(NC2CCC(CNS(=O)(=O)c3ccccc3)CC2)c2[nH]c[nH+]c2n1. The van der Waals surface area contributed by atoms with Gasteiger partial charge in [0.1, 0.15) is 0 Å². The van der Waals surface area contributed by atoms with Gasteiger partial charge in [0.2, 0.25) is 15.5 Å². The van der Waals surface area contributed by atoms with Crippen LogP contribution in [0.4, 0.5) is 23.1 Å². The number of ether oxygens (including phenoxy) is 1. The molecule has 1 saturated heterocycles. The number of aromatic amines is 2. The summed E-state index contributed by atoms with van der Waals surface area (Å²) in [5.41, 5.74) is 4.81. The highest BCUT2D eigenvalue weighted by Crippen LogP contribution is 2.30. The van der Waals surface area contributed by atoms with Crippen LogP contribution in [0.2, 0.25) is 0 Å². The van der Waals surface area contributed by atoms with Crippen LogP contribution in [0.5, 0.6) is 0 Å². The molecule has 0 unspecified atom stereocenters. The maximum atomic E-state index is 12.6. The Bertz CT molecular complexity index is 1580. The topological polar surface area (TPSA) is 138 Å². The second kappa shape index (κ2) is 12.0. The molecule has 0 spiro atoms. The Labute approximate surface area is 240 Å².